The van der Waals surface area contributed by atoms with Gasteiger partial charge in [0.05, 0.1) is 34.2 Å². The minimum absolute atomic E-state index is 0.0185. The summed E-state index contributed by atoms with van der Waals surface area (Å²) < 4.78 is 4.21. The molecule has 8 rings (SSSR count). The van der Waals surface area contributed by atoms with E-state index in [1.807, 2.05) is 33.9 Å². The number of hydrogen-bond donors (Lipinski definition) is 2. The van der Waals surface area contributed by atoms with Crippen molar-refractivity contribution in [3.05, 3.63) is 72.1 Å². The van der Waals surface area contributed by atoms with Crippen LogP contribution in [0.2, 0.25) is 0 Å². The van der Waals surface area contributed by atoms with E-state index in [-0.39, 0.29) is 11.9 Å². The van der Waals surface area contributed by atoms with Crippen LogP contribution in [0.15, 0.2) is 60.9 Å². The molecular weight excluding hydrogens is 512 g/mol. The van der Waals surface area contributed by atoms with Gasteiger partial charge in [-0.25, -0.2) is 9.50 Å². The number of aryl methyl sites for hydroxylation is 1. The molecule has 9 heteroatoms. The molecule has 0 radical (unpaired) electrons. The average molecular weight is 545 g/mol. The molecule has 0 unspecified atom stereocenters. The lowest BCUT2D eigenvalue weighted by Gasteiger charge is -2.30. The normalized spacial score (nSPS) is 17.7. The molecule has 0 spiro atoms. The minimum Gasteiger partial charge on any atom is -0.337 e. The van der Waals surface area contributed by atoms with Crippen LogP contribution in [0.4, 0.5) is 0 Å². The van der Waals surface area contributed by atoms with Crippen LogP contribution >= 0.6 is 0 Å². The predicted octanol–water partition coefficient (Wildman–Crippen LogP) is 5.18. The fourth-order valence-electron chi connectivity index (χ4n) is 6.25. The second kappa shape index (κ2) is 9.27. The number of aromatic amines is 1. The van der Waals surface area contributed by atoms with E-state index in [9.17, 15) is 4.79 Å². The number of likely N-dealkylation sites (tertiary alicyclic amines) is 1. The highest BCUT2D eigenvalue weighted by atomic mass is 16.2. The molecule has 6 aromatic rings. The molecule has 5 aromatic heterocycles. The maximum absolute atomic E-state index is 13.3. The van der Waals surface area contributed by atoms with Gasteiger partial charge in [-0.2, -0.15) is 10.2 Å². The van der Waals surface area contributed by atoms with Gasteiger partial charge in [0.25, 0.3) is 5.91 Å². The monoisotopic (exact) mass is 544 g/mol. The lowest BCUT2D eigenvalue weighted by Crippen LogP contribution is -2.45. The van der Waals surface area contributed by atoms with E-state index in [0.717, 1.165) is 81.6 Å². The molecule has 2 fully saturated rings. The lowest BCUT2D eigenvalue weighted by atomic mass is 10.1. The number of pyridine rings is 2. The summed E-state index contributed by atoms with van der Waals surface area (Å²) in [6.45, 7) is 4.38. The van der Waals surface area contributed by atoms with Crippen molar-refractivity contribution in [3.63, 3.8) is 0 Å². The first kappa shape index (κ1) is 24.3. The van der Waals surface area contributed by atoms with Gasteiger partial charge in [-0.3, -0.25) is 9.89 Å². The number of H-pyrrole nitrogens is 1. The van der Waals surface area contributed by atoms with Crippen LogP contribution in [0.3, 0.4) is 0 Å². The van der Waals surface area contributed by atoms with E-state index in [2.05, 4.69) is 58.1 Å². The number of carbonyl (C=O) groups excluding carboxylic acids is 1. The summed E-state index contributed by atoms with van der Waals surface area (Å²) in [4.78, 5) is 20.3. The van der Waals surface area contributed by atoms with Gasteiger partial charge in [-0.1, -0.05) is 6.07 Å². The molecule has 1 saturated heterocycles. The molecule has 1 saturated carbocycles. The topological polar surface area (TPSA) is 110 Å². The van der Waals surface area contributed by atoms with Crippen LogP contribution in [0.25, 0.3) is 50.1 Å². The molecule has 2 aliphatic rings. The molecule has 3 N–H and O–H groups in total. The number of nitrogens with zero attached hydrogens (tertiary/aromatic N) is 6. The molecule has 6 heterocycles. The number of hydrogen-bond acceptors (Lipinski definition) is 5. The third kappa shape index (κ3) is 4.19. The summed E-state index contributed by atoms with van der Waals surface area (Å²) >= 11 is 0. The molecule has 1 aliphatic carbocycles. The molecule has 9 nitrogen and oxygen atoms in total. The van der Waals surface area contributed by atoms with Crippen LogP contribution < -0.4 is 5.73 Å². The summed E-state index contributed by atoms with van der Waals surface area (Å²) in [6, 6.07) is 16.7. The summed E-state index contributed by atoms with van der Waals surface area (Å²) in [5.41, 5.74) is 14.9. The highest BCUT2D eigenvalue weighted by molar-refractivity contribution is 5.95. The number of benzene rings is 1. The van der Waals surface area contributed by atoms with Crippen molar-refractivity contribution in [2.45, 2.75) is 45.2 Å². The quantitative estimate of drug-likeness (QED) is 0.311. The van der Waals surface area contributed by atoms with E-state index >= 15 is 0 Å². The number of nitrogens with two attached hydrogens (primary N) is 1. The number of piperidine rings is 1. The molecule has 206 valence electrons. The van der Waals surface area contributed by atoms with Crippen LogP contribution in [0, 0.1) is 12.8 Å². The van der Waals surface area contributed by atoms with Crippen LogP contribution in [0.1, 0.15) is 41.6 Å². The standard InChI is InChI=1S/C32H32N8O/c1-19-28-11-8-23(32(41)38-12-2-3-25(33)18-38)17-40(28)37-30(19)29-14-22-7-9-26(35-31(22)39(29)16-20-4-5-20)21-6-10-27-24(13-21)15-34-36-27/h6-11,13-15,17,20,25H,2-5,12,16,18,33H2,1H3,(H,34,36)/t25-/m1/s1. The average Bonchev–Trinajstić information content (AvgIpc) is 3.42. The minimum atomic E-state index is 0.0185. The Kier molecular flexibility index (Phi) is 5.50. The van der Waals surface area contributed by atoms with Crippen LogP contribution in [-0.2, 0) is 6.54 Å². The molecule has 41 heavy (non-hydrogen) atoms. The van der Waals surface area contributed by atoms with Crippen molar-refractivity contribution in [1.82, 2.24) is 34.3 Å². The number of fused-ring (bicyclic) bond motifs is 3. The maximum atomic E-state index is 13.3. The smallest absolute Gasteiger partial charge is 0.255 e. The van der Waals surface area contributed by atoms with Crippen molar-refractivity contribution in [1.29, 1.82) is 0 Å². The first-order valence-electron chi connectivity index (χ1n) is 14.5. The zero-order chi connectivity index (χ0) is 27.7. The summed E-state index contributed by atoms with van der Waals surface area (Å²) in [5.74, 6) is 0.680. The lowest BCUT2D eigenvalue weighted by molar-refractivity contribution is 0.0708. The van der Waals surface area contributed by atoms with Crippen molar-refractivity contribution in [2.75, 3.05) is 13.1 Å². The number of nitrogens with one attached hydrogen (secondary N) is 1. The molecule has 1 aliphatic heterocycles. The summed E-state index contributed by atoms with van der Waals surface area (Å²) in [7, 11) is 0. The maximum Gasteiger partial charge on any atom is 0.255 e. The third-order valence-electron chi connectivity index (χ3n) is 8.73. The summed E-state index contributed by atoms with van der Waals surface area (Å²) in [6.07, 6.45) is 8.11. The fraction of sp³-hybridized carbons (Fsp3) is 0.312. The molecule has 1 amide bonds. The molecular formula is C32H32N8O. The predicted molar refractivity (Wildman–Crippen MR) is 160 cm³/mol. The van der Waals surface area contributed by atoms with E-state index < -0.39 is 0 Å². The SMILES string of the molecule is Cc1c(-c2cc3ccc(-c4ccc5[nH]ncc5c4)nc3n2CC2CC2)nn2cc(C(=O)N3CCC[C@@H](N)C3)ccc12. The Balaban J connectivity index is 1.21. The van der Waals surface area contributed by atoms with Gasteiger partial charge in [-0.05, 0) is 81.0 Å². The van der Waals surface area contributed by atoms with E-state index in [1.165, 1.54) is 12.8 Å². The van der Waals surface area contributed by atoms with Crippen LogP contribution in [-0.4, -0.2) is 59.3 Å². The van der Waals surface area contributed by atoms with Crippen molar-refractivity contribution in [2.24, 2.45) is 11.7 Å². The van der Waals surface area contributed by atoms with Gasteiger partial charge >= 0.3 is 0 Å². The zero-order valence-corrected chi connectivity index (χ0v) is 23.0. The van der Waals surface area contributed by atoms with Gasteiger partial charge in [0.15, 0.2) is 0 Å². The Hall–Kier alpha value is -4.50. The molecule has 1 aromatic carbocycles. The van der Waals surface area contributed by atoms with Gasteiger partial charge in [-0.15, -0.1) is 0 Å². The van der Waals surface area contributed by atoms with E-state index in [4.69, 9.17) is 15.8 Å². The second-order valence-corrected chi connectivity index (χ2v) is 11.7. The molecule has 0 bridgehead atoms. The Bertz CT molecular complexity index is 1960. The van der Waals surface area contributed by atoms with Crippen molar-refractivity contribution in [3.8, 4) is 22.6 Å². The number of carbonyl (C=O) groups is 1. The van der Waals surface area contributed by atoms with E-state index in [1.54, 1.807) is 0 Å². The third-order valence-corrected chi connectivity index (χ3v) is 8.73. The van der Waals surface area contributed by atoms with E-state index in [0.29, 0.717) is 18.0 Å². The summed E-state index contributed by atoms with van der Waals surface area (Å²) in [5, 5.41) is 14.4. The second-order valence-electron chi connectivity index (χ2n) is 11.7. The Morgan fingerprint density at radius 3 is 2.83 bits per heavy atom. The first-order valence-corrected chi connectivity index (χ1v) is 14.5. The number of amides is 1. The van der Waals surface area contributed by atoms with Crippen molar-refractivity contribution < 1.29 is 4.79 Å². The van der Waals surface area contributed by atoms with Gasteiger partial charge in [0.1, 0.15) is 11.3 Å². The zero-order valence-electron chi connectivity index (χ0n) is 23.0. The van der Waals surface area contributed by atoms with Crippen LogP contribution in [0.5, 0.6) is 0 Å². The largest absolute Gasteiger partial charge is 0.337 e. The van der Waals surface area contributed by atoms with Gasteiger partial charge in [0, 0.05) is 53.8 Å². The van der Waals surface area contributed by atoms with Gasteiger partial charge in [0.2, 0.25) is 0 Å². The highest BCUT2D eigenvalue weighted by Gasteiger charge is 2.27. The van der Waals surface area contributed by atoms with Crippen molar-refractivity contribution >= 4 is 33.4 Å². The Morgan fingerprint density at radius 1 is 1.07 bits per heavy atom. The first-order chi connectivity index (χ1) is 20.0. The Morgan fingerprint density at radius 2 is 1.98 bits per heavy atom. The highest BCUT2D eigenvalue weighted by Crippen LogP contribution is 2.37. The number of aromatic nitrogens is 6. The number of rotatable bonds is 5. The molecule has 1 atom stereocenters. The van der Waals surface area contributed by atoms with Gasteiger partial charge < -0.3 is 15.2 Å². The Labute approximate surface area is 237 Å². The fourth-order valence-corrected chi connectivity index (χ4v) is 6.25.